The van der Waals surface area contributed by atoms with Crippen LogP contribution in [-0.2, 0) is 24.7 Å². The van der Waals surface area contributed by atoms with E-state index in [9.17, 15) is 9.90 Å². The molecule has 0 amide bonds. The van der Waals surface area contributed by atoms with Crippen molar-refractivity contribution in [3.8, 4) is 43.9 Å². The van der Waals surface area contributed by atoms with Gasteiger partial charge in [0.05, 0.1) is 18.7 Å². The standard InChI is InChI=1S/C38H40FN5O4S/c1-8-21-14-23-15-22(11-12-27(23)40-18-21)36-42-43-37(49-36)28-16-26-31(25(17-29(45)46)20(3)41-35(26)44(28)7)30-19(2)24-10-9-13-47-33(24)32(39)34(30)48-38(4,5)6/h11-12,14-16,40H,8-10,13,17-18H2,1-7H3,(H,45,46). The molecule has 0 fully saturated rings. The van der Waals surface area contributed by atoms with Crippen LogP contribution in [0.25, 0.3) is 49.5 Å². The van der Waals surface area contributed by atoms with Crippen LogP contribution in [0.3, 0.4) is 0 Å². The molecule has 9 nitrogen and oxygen atoms in total. The first-order chi connectivity index (χ1) is 23.3. The molecule has 0 saturated heterocycles. The van der Waals surface area contributed by atoms with Crippen LogP contribution in [0.2, 0.25) is 0 Å². The quantitative estimate of drug-likeness (QED) is 0.176. The number of carbonyl (C=O) groups is 1. The Kier molecular flexibility index (Phi) is 8.21. The summed E-state index contributed by atoms with van der Waals surface area (Å²) >= 11 is 1.47. The molecule has 5 heterocycles. The van der Waals surface area contributed by atoms with Crippen LogP contribution in [0.5, 0.6) is 11.5 Å². The first-order valence-corrected chi connectivity index (χ1v) is 17.5. The SMILES string of the molecule is CCC1=Cc2cc(-c3nnc(-c4cc5c(-c6c(C)c7c(c(F)c6OC(C)(C)C)OCCC7)c(CC(=O)O)c(C)nc5n4C)s3)ccc2NC1. The number of anilines is 1. The fourth-order valence-electron chi connectivity index (χ4n) is 6.88. The van der Waals surface area contributed by atoms with E-state index in [0.29, 0.717) is 51.5 Å². The number of aliphatic carboxylic acids is 1. The minimum absolute atomic E-state index is 0.0509. The van der Waals surface area contributed by atoms with Gasteiger partial charge in [-0.2, -0.15) is 4.39 Å². The van der Waals surface area contributed by atoms with Crippen molar-refractivity contribution >= 4 is 40.1 Å². The minimum Gasteiger partial charge on any atom is -0.490 e. The molecule has 0 radical (unpaired) electrons. The molecule has 5 aromatic rings. The van der Waals surface area contributed by atoms with Gasteiger partial charge in [0, 0.05) is 52.6 Å². The predicted molar refractivity (Wildman–Crippen MR) is 192 cm³/mol. The lowest BCUT2D eigenvalue weighted by molar-refractivity contribution is -0.136. The van der Waals surface area contributed by atoms with Gasteiger partial charge in [0.2, 0.25) is 5.82 Å². The number of carboxylic acids is 1. The van der Waals surface area contributed by atoms with E-state index in [-0.39, 0.29) is 17.9 Å². The molecule has 11 heteroatoms. The molecule has 2 N–H and O–H groups in total. The van der Waals surface area contributed by atoms with Crippen molar-refractivity contribution in [1.82, 2.24) is 19.7 Å². The summed E-state index contributed by atoms with van der Waals surface area (Å²) in [6, 6.07) is 8.24. The third-order valence-corrected chi connectivity index (χ3v) is 10.3. The van der Waals surface area contributed by atoms with Crippen LogP contribution in [0.4, 0.5) is 10.1 Å². The van der Waals surface area contributed by atoms with E-state index in [1.165, 1.54) is 16.9 Å². The number of pyridine rings is 1. The van der Waals surface area contributed by atoms with Gasteiger partial charge in [-0.15, -0.1) is 10.2 Å². The smallest absolute Gasteiger partial charge is 0.307 e. The van der Waals surface area contributed by atoms with E-state index in [0.717, 1.165) is 58.0 Å². The van der Waals surface area contributed by atoms with Gasteiger partial charge < -0.3 is 24.5 Å². The van der Waals surface area contributed by atoms with Gasteiger partial charge in [0.1, 0.15) is 16.3 Å². The average Bonchev–Trinajstić information content (AvgIpc) is 3.68. The monoisotopic (exact) mass is 681 g/mol. The lowest BCUT2D eigenvalue weighted by Crippen LogP contribution is -2.25. The number of carboxylic acid groups (broad SMARTS) is 1. The highest BCUT2D eigenvalue weighted by Gasteiger charge is 2.33. The van der Waals surface area contributed by atoms with Crippen molar-refractivity contribution in [3.05, 3.63) is 63.6 Å². The van der Waals surface area contributed by atoms with Gasteiger partial charge >= 0.3 is 5.97 Å². The molecule has 254 valence electrons. The fraction of sp³-hybridized carbons (Fsp3) is 0.368. The zero-order chi connectivity index (χ0) is 34.8. The number of aromatic nitrogens is 4. The van der Waals surface area contributed by atoms with Crippen molar-refractivity contribution in [2.24, 2.45) is 7.05 Å². The largest absolute Gasteiger partial charge is 0.490 e. The number of aryl methyl sites for hydroxylation is 2. The molecule has 0 atom stereocenters. The maximum Gasteiger partial charge on any atom is 0.307 e. The zero-order valence-corrected chi connectivity index (χ0v) is 29.7. The molecule has 7 rings (SSSR count). The molecule has 3 aromatic heterocycles. The van der Waals surface area contributed by atoms with Crippen LogP contribution in [0.1, 0.15) is 68.5 Å². The molecule has 49 heavy (non-hydrogen) atoms. The first kappa shape index (κ1) is 32.8. The van der Waals surface area contributed by atoms with E-state index in [1.54, 1.807) is 6.92 Å². The van der Waals surface area contributed by atoms with Crippen LogP contribution < -0.4 is 14.8 Å². The normalized spacial score (nSPS) is 14.2. The summed E-state index contributed by atoms with van der Waals surface area (Å²) in [6.45, 7) is 12.8. The van der Waals surface area contributed by atoms with E-state index >= 15 is 4.39 Å². The topological polar surface area (TPSA) is 111 Å². The molecular formula is C38H40FN5O4S. The summed E-state index contributed by atoms with van der Waals surface area (Å²) in [5, 5.41) is 24.9. The summed E-state index contributed by atoms with van der Waals surface area (Å²) in [5.41, 5.74) is 8.96. The molecule has 0 aliphatic carbocycles. The van der Waals surface area contributed by atoms with Gasteiger partial charge in [-0.05, 0) is 94.8 Å². The summed E-state index contributed by atoms with van der Waals surface area (Å²) in [4.78, 5) is 17.2. The third kappa shape index (κ3) is 5.83. The Morgan fingerprint density at radius 2 is 1.94 bits per heavy atom. The van der Waals surface area contributed by atoms with Crippen molar-refractivity contribution in [2.45, 2.75) is 72.8 Å². The lowest BCUT2D eigenvalue weighted by atomic mass is 9.86. The maximum absolute atomic E-state index is 16.6. The highest BCUT2D eigenvalue weighted by Crippen LogP contribution is 2.50. The maximum atomic E-state index is 16.6. The third-order valence-electron chi connectivity index (χ3n) is 9.28. The molecule has 2 aromatic carbocycles. The molecule has 0 spiro atoms. The van der Waals surface area contributed by atoms with Gasteiger partial charge in [0.25, 0.3) is 0 Å². The second-order valence-corrected chi connectivity index (χ2v) is 14.8. The summed E-state index contributed by atoms with van der Waals surface area (Å²) in [7, 11) is 1.91. The predicted octanol–water partition coefficient (Wildman–Crippen LogP) is 8.53. The Labute approximate surface area is 288 Å². The van der Waals surface area contributed by atoms with Crippen molar-refractivity contribution in [1.29, 1.82) is 0 Å². The van der Waals surface area contributed by atoms with E-state index < -0.39 is 17.4 Å². The summed E-state index contributed by atoms with van der Waals surface area (Å²) in [5.74, 6) is -1.31. The summed E-state index contributed by atoms with van der Waals surface area (Å²) in [6.07, 6.45) is 4.33. The Hall–Kier alpha value is -4.77. The Morgan fingerprint density at radius 1 is 1.16 bits per heavy atom. The second-order valence-electron chi connectivity index (χ2n) is 13.8. The number of fused-ring (bicyclic) bond motifs is 3. The Morgan fingerprint density at radius 3 is 2.67 bits per heavy atom. The highest BCUT2D eigenvalue weighted by atomic mass is 32.1. The van der Waals surface area contributed by atoms with Crippen LogP contribution in [-0.4, -0.2) is 49.6 Å². The van der Waals surface area contributed by atoms with E-state index in [2.05, 4.69) is 46.7 Å². The van der Waals surface area contributed by atoms with Gasteiger partial charge in [-0.1, -0.05) is 29.9 Å². The molecule has 2 aliphatic heterocycles. The zero-order valence-electron chi connectivity index (χ0n) is 28.9. The lowest BCUT2D eigenvalue weighted by Gasteiger charge is -2.30. The van der Waals surface area contributed by atoms with Gasteiger partial charge in [0.15, 0.2) is 16.5 Å². The molecular weight excluding hydrogens is 642 g/mol. The highest BCUT2D eigenvalue weighted by molar-refractivity contribution is 7.17. The number of ether oxygens (including phenoxy) is 2. The number of rotatable bonds is 7. The minimum atomic E-state index is -1.01. The van der Waals surface area contributed by atoms with Crippen molar-refractivity contribution in [2.75, 3.05) is 18.5 Å². The number of benzene rings is 2. The molecule has 0 saturated carbocycles. The number of nitrogens with zero attached hydrogens (tertiary/aromatic N) is 4. The molecule has 2 aliphatic rings. The Bertz CT molecular complexity index is 2190. The molecule has 0 unspecified atom stereocenters. The fourth-order valence-corrected chi connectivity index (χ4v) is 7.77. The van der Waals surface area contributed by atoms with Crippen LogP contribution in [0.15, 0.2) is 29.8 Å². The summed E-state index contributed by atoms with van der Waals surface area (Å²) < 4.78 is 30.7. The second kappa shape index (κ2) is 12.3. The number of halogens is 1. The van der Waals surface area contributed by atoms with Crippen molar-refractivity contribution in [3.63, 3.8) is 0 Å². The number of hydrogen-bond acceptors (Lipinski definition) is 8. The van der Waals surface area contributed by atoms with Crippen molar-refractivity contribution < 1.29 is 23.8 Å². The van der Waals surface area contributed by atoms with E-state index in [1.807, 2.05) is 45.4 Å². The van der Waals surface area contributed by atoms with E-state index in [4.69, 9.17) is 14.5 Å². The van der Waals surface area contributed by atoms with Crippen LogP contribution >= 0.6 is 11.3 Å². The van der Waals surface area contributed by atoms with Gasteiger partial charge in [-0.3, -0.25) is 4.79 Å². The van der Waals surface area contributed by atoms with Crippen LogP contribution in [0, 0.1) is 19.7 Å². The number of nitrogens with one attached hydrogen (secondary N) is 1. The number of hydrogen-bond donors (Lipinski definition) is 2. The Balaban J connectivity index is 1.44. The van der Waals surface area contributed by atoms with Gasteiger partial charge in [-0.25, -0.2) is 4.98 Å². The average molecular weight is 682 g/mol. The first-order valence-electron chi connectivity index (χ1n) is 16.6. The molecule has 0 bridgehead atoms.